The van der Waals surface area contributed by atoms with Crippen molar-refractivity contribution in [2.45, 2.75) is 33.6 Å². The van der Waals surface area contributed by atoms with E-state index in [1.165, 1.54) is 20.3 Å². The molecule has 8 heteroatoms. The van der Waals surface area contributed by atoms with Crippen LogP contribution in [0.2, 0.25) is 0 Å². The molecule has 0 atom stereocenters. The number of aryl methyl sites for hydroxylation is 1. The number of ether oxygens (including phenoxy) is 4. The summed E-state index contributed by atoms with van der Waals surface area (Å²) in [6.07, 6.45) is 1.67. The molecule has 4 aromatic rings. The van der Waals surface area contributed by atoms with Crippen LogP contribution in [0.25, 0.3) is 22.1 Å². The molecule has 0 amide bonds. The minimum absolute atomic E-state index is 0.0122. The van der Waals surface area contributed by atoms with Crippen molar-refractivity contribution < 1.29 is 33.6 Å². The highest BCUT2D eigenvalue weighted by Crippen LogP contribution is 2.44. The molecule has 0 saturated heterocycles. The second-order valence-corrected chi connectivity index (χ2v) is 9.41. The number of fused-ring (bicyclic) bond motifs is 1. The van der Waals surface area contributed by atoms with E-state index in [0.29, 0.717) is 39.1 Å². The summed E-state index contributed by atoms with van der Waals surface area (Å²) in [4.78, 5) is 13.1. The van der Waals surface area contributed by atoms with Gasteiger partial charge in [-0.2, -0.15) is 0 Å². The summed E-state index contributed by atoms with van der Waals surface area (Å²) in [6.45, 7) is 5.78. The quantitative estimate of drug-likeness (QED) is 0.181. The molecule has 8 nitrogen and oxygen atoms in total. The molecule has 4 rings (SSSR count). The molecule has 0 aliphatic rings. The smallest absolute Gasteiger partial charge is 0.339 e. The van der Waals surface area contributed by atoms with Crippen molar-refractivity contribution in [2.75, 3.05) is 28.4 Å². The Morgan fingerprint density at radius 1 is 0.825 bits per heavy atom. The van der Waals surface area contributed by atoms with E-state index in [0.717, 1.165) is 29.5 Å². The second-order valence-electron chi connectivity index (χ2n) is 9.41. The highest BCUT2D eigenvalue weighted by atomic mass is 16.5. The minimum atomic E-state index is -0.538. The highest BCUT2D eigenvalue weighted by Gasteiger charge is 2.24. The molecule has 40 heavy (non-hydrogen) atoms. The highest BCUT2D eigenvalue weighted by molar-refractivity contribution is 6.07. The van der Waals surface area contributed by atoms with E-state index in [1.807, 2.05) is 19.1 Å². The maximum absolute atomic E-state index is 13.1. The first-order valence-corrected chi connectivity index (χ1v) is 12.9. The molecule has 0 radical (unpaired) electrons. The summed E-state index contributed by atoms with van der Waals surface area (Å²) < 4.78 is 27.7. The Morgan fingerprint density at radius 3 is 2.08 bits per heavy atom. The molecular formula is C32H34O8. The number of phenols is 2. The Kier molecular flexibility index (Phi) is 8.28. The van der Waals surface area contributed by atoms with E-state index in [1.54, 1.807) is 45.4 Å². The van der Waals surface area contributed by atoms with Gasteiger partial charge in [-0.3, -0.25) is 0 Å². The zero-order valence-electron chi connectivity index (χ0n) is 23.8. The van der Waals surface area contributed by atoms with Crippen LogP contribution in [0.3, 0.4) is 0 Å². The van der Waals surface area contributed by atoms with Crippen LogP contribution in [-0.4, -0.2) is 38.7 Å². The Balaban J connectivity index is 2.23. The maximum atomic E-state index is 13.1. The summed E-state index contributed by atoms with van der Waals surface area (Å²) in [7, 11) is 6.13. The second kappa shape index (κ2) is 11.7. The lowest BCUT2D eigenvalue weighted by atomic mass is 9.84. The molecule has 0 spiro atoms. The average molecular weight is 547 g/mol. The van der Waals surface area contributed by atoms with Crippen LogP contribution >= 0.6 is 0 Å². The molecule has 0 aliphatic heterocycles. The van der Waals surface area contributed by atoms with Gasteiger partial charge in [-0.15, -0.1) is 0 Å². The normalized spacial score (nSPS) is 11.8. The largest absolute Gasteiger partial charge is 0.504 e. The third kappa shape index (κ3) is 5.04. The molecule has 1 aromatic heterocycles. The lowest BCUT2D eigenvalue weighted by molar-refractivity contribution is 0.354. The van der Waals surface area contributed by atoms with Gasteiger partial charge in [0, 0.05) is 22.6 Å². The van der Waals surface area contributed by atoms with Gasteiger partial charge in [-0.25, -0.2) is 4.79 Å². The zero-order chi connectivity index (χ0) is 29.1. The third-order valence-electron chi connectivity index (χ3n) is 7.06. The molecular weight excluding hydrogens is 512 g/mol. The van der Waals surface area contributed by atoms with Crippen LogP contribution in [0.5, 0.6) is 34.5 Å². The molecule has 0 saturated carbocycles. The van der Waals surface area contributed by atoms with E-state index in [-0.39, 0.29) is 28.6 Å². The van der Waals surface area contributed by atoms with Gasteiger partial charge in [0.05, 0.1) is 28.4 Å². The predicted octanol–water partition coefficient (Wildman–Crippen LogP) is 6.48. The van der Waals surface area contributed by atoms with Crippen molar-refractivity contribution in [1.29, 1.82) is 0 Å². The lowest BCUT2D eigenvalue weighted by Gasteiger charge is -2.21. The van der Waals surface area contributed by atoms with Gasteiger partial charge in [-0.1, -0.05) is 19.4 Å². The summed E-state index contributed by atoms with van der Waals surface area (Å²) >= 11 is 0. The molecule has 0 aliphatic carbocycles. The average Bonchev–Trinajstić information content (AvgIpc) is 2.95. The monoisotopic (exact) mass is 546 g/mol. The summed E-state index contributed by atoms with van der Waals surface area (Å²) in [6, 6.07) is 12.0. The number of rotatable bonds is 9. The molecule has 0 bridgehead atoms. The third-order valence-corrected chi connectivity index (χ3v) is 7.06. The number of hydrogen-bond acceptors (Lipinski definition) is 8. The molecule has 0 fully saturated rings. The van der Waals surface area contributed by atoms with Gasteiger partial charge in [-0.05, 0) is 78.4 Å². The molecule has 2 N–H and O–H groups in total. The van der Waals surface area contributed by atoms with Crippen molar-refractivity contribution in [3.8, 4) is 34.5 Å². The van der Waals surface area contributed by atoms with Crippen LogP contribution in [0.1, 0.15) is 48.1 Å². The standard InChI is InChI=1S/C32H34O8/c1-8-9-19-12-28(38-6)29(39-7)14-21(19)17(2)30(20-10-11-23(33)26(13-20)36-4)31-18(3)32(35)40-25-16-24(34)27(37-5)15-22(25)31/h10-16,33-34H,8-9H2,1-7H3/b30-17+. The van der Waals surface area contributed by atoms with E-state index >= 15 is 0 Å². The Hall–Kier alpha value is -4.59. The van der Waals surface area contributed by atoms with Gasteiger partial charge in [0.1, 0.15) is 5.58 Å². The fourth-order valence-electron chi connectivity index (χ4n) is 5.06. The Bertz CT molecular complexity index is 1660. The number of methoxy groups -OCH3 is 4. The van der Waals surface area contributed by atoms with Crippen LogP contribution in [0.4, 0.5) is 0 Å². The first-order chi connectivity index (χ1) is 19.2. The fraction of sp³-hybridized carbons (Fsp3) is 0.281. The van der Waals surface area contributed by atoms with Gasteiger partial charge in [0.2, 0.25) is 0 Å². The van der Waals surface area contributed by atoms with Crippen molar-refractivity contribution in [3.63, 3.8) is 0 Å². The lowest BCUT2D eigenvalue weighted by Crippen LogP contribution is -2.10. The first kappa shape index (κ1) is 28.4. The van der Waals surface area contributed by atoms with Crippen LogP contribution in [0.15, 0.2) is 51.7 Å². The number of aromatic hydroxyl groups is 2. The fourth-order valence-corrected chi connectivity index (χ4v) is 5.06. The summed E-state index contributed by atoms with van der Waals surface area (Å²) in [5.74, 6) is 1.55. The van der Waals surface area contributed by atoms with Gasteiger partial charge in [0.25, 0.3) is 0 Å². The van der Waals surface area contributed by atoms with Crippen molar-refractivity contribution in [2.24, 2.45) is 0 Å². The Labute approximate surface area is 233 Å². The minimum Gasteiger partial charge on any atom is -0.504 e. The van der Waals surface area contributed by atoms with Crippen molar-refractivity contribution in [3.05, 3.63) is 80.7 Å². The molecule has 3 aromatic carbocycles. The van der Waals surface area contributed by atoms with Crippen LogP contribution < -0.4 is 24.6 Å². The zero-order valence-corrected chi connectivity index (χ0v) is 23.8. The van der Waals surface area contributed by atoms with E-state index in [9.17, 15) is 15.0 Å². The summed E-state index contributed by atoms with van der Waals surface area (Å²) in [5.41, 5.74) is 4.86. The van der Waals surface area contributed by atoms with Gasteiger partial charge < -0.3 is 33.6 Å². The number of phenolic OH excluding ortho intramolecular Hbond substituents is 2. The van der Waals surface area contributed by atoms with E-state index < -0.39 is 5.63 Å². The Morgan fingerprint density at radius 2 is 1.45 bits per heavy atom. The SMILES string of the molecule is CCCc1cc(OC)c(OC)cc1/C(C)=C(\c1ccc(O)c(OC)c1)c1c(C)c(=O)oc2cc(O)c(OC)cc12. The van der Waals surface area contributed by atoms with E-state index in [4.69, 9.17) is 23.4 Å². The number of benzene rings is 3. The van der Waals surface area contributed by atoms with E-state index in [2.05, 4.69) is 6.92 Å². The van der Waals surface area contributed by atoms with Crippen molar-refractivity contribution >= 4 is 22.1 Å². The van der Waals surface area contributed by atoms with Crippen LogP contribution in [-0.2, 0) is 6.42 Å². The predicted molar refractivity (Wildman–Crippen MR) is 155 cm³/mol. The van der Waals surface area contributed by atoms with Gasteiger partial charge >= 0.3 is 5.63 Å². The van der Waals surface area contributed by atoms with Gasteiger partial charge in [0.15, 0.2) is 34.5 Å². The maximum Gasteiger partial charge on any atom is 0.339 e. The van der Waals surface area contributed by atoms with Crippen LogP contribution in [0, 0.1) is 6.92 Å². The number of allylic oxidation sites excluding steroid dienone is 1. The van der Waals surface area contributed by atoms with Crippen molar-refractivity contribution in [1.82, 2.24) is 0 Å². The molecule has 0 unspecified atom stereocenters. The topological polar surface area (TPSA) is 108 Å². The first-order valence-electron chi connectivity index (χ1n) is 12.9. The molecule has 210 valence electrons. The number of hydrogen-bond donors (Lipinski definition) is 2. The summed E-state index contributed by atoms with van der Waals surface area (Å²) in [5, 5.41) is 21.4. The molecule has 1 heterocycles.